The number of benzene rings is 2. The zero-order valence-electron chi connectivity index (χ0n) is 11.2. The minimum atomic E-state index is -1.15. The number of nitrogens with one attached hydrogen (secondary N) is 1. The fourth-order valence-electron chi connectivity index (χ4n) is 1.76. The van der Waals surface area contributed by atoms with Gasteiger partial charge in [0.05, 0.1) is 11.3 Å². The highest BCUT2D eigenvalue weighted by Gasteiger charge is 2.11. The summed E-state index contributed by atoms with van der Waals surface area (Å²) in [6.45, 7) is 0. The number of halogens is 2. The maximum Gasteiger partial charge on any atom is 0.337 e. The molecular formula is C16H11Cl2NO3. The molecule has 0 fully saturated rings. The van der Waals surface area contributed by atoms with Crippen molar-refractivity contribution in [2.45, 2.75) is 0 Å². The lowest BCUT2D eigenvalue weighted by Gasteiger charge is -2.07. The number of hydrogen-bond donors (Lipinski definition) is 2. The van der Waals surface area contributed by atoms with Crippen LogP contribution in [0.1, 0.15) is 15.9 Å². The molecule has 0 spiro atoms. The quantitative estimate of drug-likeness (QED) is 0.816. The van der Waals surface area contributed by atoms with Gasteiger partial charge >= 0.3 is 5.97 Å². The summed E-state index contributed by atoms with van der Waals surface area (Å²) < 4.78 is 0. The van der Waals surface area contributed by atoms with Crippen molar-refractivity contribution in [1.29, 1.82) is 0 Å². The predicted molar refractivity (Wildman–Crippen MR) is 87.5 cm³/mol. The van der Waals surface area contributed by atoms with E-state index < -0.39 is 11.9 Å². The van der Waals surface area contributed by atoms with E-state index in [-0.39, 0.29) is 11.3 Å². The van der Waals surface area contributed by atoms with Gasteiger partial charge in [0.25, 0.3) is 0 Å². The molecule has 1 amide bonds. The van der Waals surface area contributed by atoms with E-state index in [1.165, 1.54) is 24.3 Å². The van der Waals surface area contributed by atoms with Gasteiger partial charge < -0.3 is 10.4 Å². The molecule has 22 heavy (non-hydrogen) atoms. The van der Waals surface area contributed by atoms with Crippen molar-refractivity contribution < 1.29 is 14.7 Å². The molecule has 0 bridgehead atoms. The molecule has 0 heterocycles. The number of carboxylic acid groups (broad SMARTS) is 1. The summed E-state index contributed by atoms with van der Waals surface area (Å²) in [7, 11) is 0. The van der Waals surface area contributed by atoms with E-state index in [9.17, 15) is 9.59 Å². The molecule has 2 rings (SSSR count). The molecule has 0 saturated heterocycles. The molecule has 0 radical (unpaired) electrons. The minimum absolute atomic E-state index is 0.0334. The van der Waals surface area contributed by atoms with Crippen molar-refractivity contribution in [2.24, 2.45) is 0 Å². The molecular weight excluding hydrogens is 325 g/mol. The molecule has 0 aliphatic carbocycles. The fraction of sp³-hybridized carbons (Fsp3) is 0. The lowest BCUT2D eigenvalue weighted by molar-refractivity contribution is -0.111. The number of anilines is 1. The Morgan fingerprint density at radius 1 is 1.05 bits per heavy atom. The molecule has 0 unspecified atom stereocenters. The van der Waals surface area contributed by atoms with Crippen LogP contribution in [-0.4, -0.2) is 17.0 Å². The monoisotopic (exact) mass is 335 g/mol. The number of hydrogen-bond acceptors (Lipinski definition) is 2. The van der Waals surface area contributed by atoms with Gasteiger partial charge in [0.2, 0.25) is 5.91 Å². The second-order valence-electron chi connectivity index (χ2n) is 4.37. The summed E-state index contributed by atoms with van der Waals surface area (Å²) in [5.74, 6) is -1.62. The van der Waals surface area contributed by atoms with Gasteiger partial charge in [-0.05, 0) is 42.0 Å². The third kappa shape index (κ3) is 4.35. The van der Waals surface area contributed by atoms with Gasteiger partial charge in [0.15, 0.2) is 0 Å². The summed E-state index contributed by atoms with van der Waals surface area (Å²) in [4.78, 5) is 23.0. The Labute approximate surface area is 137 Å². The second kappa shape index (κ2) is 7.11. The number of carboxylic acids is 1. The molecule has 0 atom stereocenters. The lowest BCUT2D eigenvalue weighted by Crippen LogP contribution is -2.12. The second-order valence-corrected chi connectivity index (χ2v) is 5.25. The first kappa shape index (κ1) is 16.1. The lowest BCUT2D eigenvalue weighted by atomic mass is 10.1. The average Bonchev–Trinajstić information content (AvgIpc) is 2.45. The molecule has 0 aliphatic heterocycles. The summed E-state index contributed by atoms with van der Waals surface area (Å²) in [5, 5.41) is 12.5. The molecule has 112 valence electrons. The van der Waals surface area contributed by atoms with Crippen LogP contribution in [-0.2, 0) is 4.79 Å². The molecule has 4 nitrogen and oxygen atoms in total. The predicted octanol–water partition coefficient (Wildman–Crippen LogP) is 4.34. The van der Waals surface area contributed by atoms with Crippen LogP contribution in [0.5, 0.6) is 0 Å². The largest absolute Gasteiger partial charge is 0.478 e. The van der Waals surface area contributed by atoms with Crippen molar-refractivity contribution in [2.75, 3.05) is 5.32 Å². The van der Waals surface area contributed by atoms with Crippen molar-refractivity contribution in [1.82, 2.24) is 0 Å². The van der Waals surface area contributed by atoms with E-state index in [4.69, 9.17) is 28.3 Å². The summed E-state index contributed by atoms with van der Waals surface area (Å²) in [6.07, 6.45) is 2.87. The van der Waals surface area contributed by atoms with E-state index in [2.05, 4.69) is 5.32 Å². The van der Waals surface area contributed by atoms with Crippen molar-refractivity contribution >= 4 is 46.8 Å². The van der Waals surface area contributed by atoms with Gasteiger partial charge in [-0.1, -0.05) is 35.3 Å². The normalized spacial score (nSPS) is 10.6. The van der Waals surface area contributed by atoms with Crippen LogP contribution in [0, 0.1) is 0 Å². The molecule has 0 aliphatic rings. The third-order valence-electron chi connectivity index (χ3n) is 2.75. The van der Waals surface area contributed by atoms with Crippen LogP contribution >= 0.6 is 23.2 Å². The Morgan fingerprint density at radius 3 is 2.45 bits per heavy atom. The van der Waals surface area contributed by atoms with Crippen molar-refractivity contribution in [3.8, 4) is 0 Å². The molecule has 6 heteroatoms. The zero-order chi connectivity index (χ0) is 16.1. The van der Waals surface area contributed by atoms with E-state index in [1.54, 1.807) is 30.3 Å². The van der Waals surface area contributed by atoms with Gasteiger partial charge in [0.1, 0.15) is 0 Å². The first-order valence-corrected chi connectivity index (χ1v) is 6.99. The molecule has 0 aromatic heterocycles. The summed E-state index contributed by atoms with van der Waals surface area (Å²) in [5.41, 5.74) is 0.863. The van der Waals surface area contributed by atoms with Crippen LogP contribution < -0.4 is 5.32 Å². The van der Waals surface area contributed by atoms with Crippen molar-refractivity contribution in [3.63, 3.8) is 0 Å². The maximum atomic E-state index is 11.9. The topological polar surface area (TPSA) is 66.4 Å². The van der Waals surface area contributed by atoms with E-state index in [0.717, 1.165) is 5.56 Å². The molecule has 0 saturated carbocycles. The van der Waals surface area contributed by atoms with Crippen LogP contribution in [0.4, 0.5) is 5.69 Å². The first-order chi connectivity index (χ1) is 10.5. The SMILES string of the molecule is O=C(C=Cc1cccc(Cl)c1)Nc1cc(Cl)ccc1C(=O)O. The van der Waals surface area contributed by atoms with Gasteiger partial charge in [-0.25, -0.2) is 4.79 Å². The van der Waals surface area contributed by atoms with E-state index in [0.29, 0.717) is 10.0 Å². The Hall–Kier alpha value is -2.30. The number of carbonyl (C=O) groups is 2. The highest BCUT2D eigenvalue weighted by Crippen LogP contribution is 2.21. The fourth-order valence-corrected chi connectivity index (χ4v) is 2.13. The van der Waals surface area contributed by atoms with Gasteiger partial charge in [-0.3, -0.25) is 4.79 Å². The highest BCUT2D eigenvalue weighted by atomic mass is 35.5. The average molecular weight is 336 g/mol. The maximum absolute atomic E-state index is 11.9. The van der Waals surface area contributed by atoms with Gasteiger partial charge in [0, 0.05) is 16.1 Å². The van der Waals surface area contributed by atoms with E-state index in [1.807, 2.05) is 0 Å². The highest BCUT2D eigenvalue weighted by molar-refractivity contribution is 6.31. The van der Waals surface area contributed by atoms with Gasteiger partial charge in [-0.2, -0.15) is 0 Å². The number of amides is 1. The number of rotatable bonds is 4. The summed E-state index contributed by atoms with van der Waals surface area (Å²) >= 11 is 11.7. The Morgan fingerprint density at radius 2 is 1.77 bits per heavy atom. The summed E-state index contributed by atoms with van der Waals surface area (Å²) in [6, 6.07) is 11.1. The minimum Gasteiger partial charge on any atom is -0.478 e. The zero-order valence-corrected chi connectivity index (χ0v) is 12.7. The number of aromatic carboxylic acids is 1. The van der Waals surface area contributed by atoms with E-state index >= 15 is 0 Å². The molecule has 2 N–H and O–H groups in total. The van der Waals surface area contributed by atoms with Gasteiger partial charge in [-0.15, -0.1) is 0 Å². The van der Waals surface area contributed by atoms with Crippen molar-refractivity contribution in [3.05, 3.63) is 69.7 Å². The standard InChI is InChI=1S/C16H11Cl2NO3/c17-11-3-1-2-10(8-11)4-7-15(20)19-14-9-12(18)5-6-13(14)16(21)22/h1-9H,(H,19,20)(H,21,22). The Kier molecular flexibility index (Phi) is 5.20. The number of carbonyl (C=O) groups excluding carboxylic acids is 1. The molecule has 2 aromatic rings. The van der Waals surface area contributed by atoms with Crippen LogP contribution in [0.2, 0.25) is 10.0 Å². The Balaban J connectivity index is 2.15. The Bertz CT molecular complexity index is 757. The smallest absolute Gasteiger partial charge is 0.337 e. The molecule has 2 aromatic carbocycles. The van der Waals surface area contributed by atoms with Crippen LogP contribution in [0.15, 0.2) is 48.5 Å². The first-order valence-electron chi connectivity index (χ1n) is 6.23. The third-order valence-corrected chi connectivity index (χ3v) is 3.22. The van der Waals surface area contributed by atoms with Crippen LogP contribution in [0.3, 0.4) is 0 Å². The van der Waals surface area contributed by atoms with Crippen LogP contribution in [0.25, 0.3) is 6.08 Å².